The maximum absolute atomic E-state index is 12.6. The van der Waals surface area contributed by atoms with Crippen LogP contribution in [0.1, 0.15) is 31.4 Å². The van der Waals surface area contributed by atoms with Gasteiger partial charge in [0.1, 0.15) is 0 Å². The zero-order chi connectivity index (χ0) is 15.0. The molecule has 112 valence electrons. The second kappa shape index (κ2) is 7.77. The number of rotatable bonds is 5. The summed E-state index contributed by atoms with van der Waals surface area (Å²) in [7, 11) is 0. The van der Waals surface area contributed by atoms with Crippen LogP contribution in [0.2, 0.25) is 0 Å². The predicted molar refractivity (Wildman–Crippen MR) is 74.6 cm³/mol. The first kappa shape index (κ1) is 16.3. The molecule has 0 heterocycles. The van der Waals surface area contributed by atoms with Crippen molar-refractivity contribution in [1.29, 1.82) is 0 Å². The van der Waals surface area contributed by atoms with Gasteiger partial charge in [0.05, 0.1) is 12.1 Å². The van der Waals surface area contributed by atoms with Crippen LogP contribution in [0.5, 0.6) is 0 Å². The van der Waals surface area contributed by atoms with E-state index in [2.05, 4.69) is 15.6 Å². The van der Waals surface area contributed by atoms with Crippen molar-refractivity contribution in [3.05, 3.63) is 35.4 Å². The van der Waals surface area contributed by atoms with Gasteiger partial charge in [-0.05, 0) is 31.0 Å². The van der Waals surface area contributed by atoms with Gasteiger partial charge in [-0.15, -0.1) is 0 Å². The zero-order valence-corrected chi connectivity index (χ0v) is 11.7. The van der Waals surface area contributed by atoms with Crippen LogP contribution in [0.15, 0.2) is 29.3 Å². The summed E-state index contributed by atoms with van der Waals surface area (Å²) < 4.78 is 37.8. The summed E-state index contributed by atoms with van der Waals surface area (Å²) in [5, 5.41) is 6.15. The highest BCUT2D eigenvalue weighted by molar-refractivity contribution is 5.79. The van der Waals surface area contributed by atoms with Gasteiger partial charge in [-0.25, -0.2) is 4.99 Å². The van der Waals surface area contributed by atoms with Crippen molar-refractivity contribution >= 4 is 5.96 Å². The molecule has 20 heavy (non-hydrogen) atoms. The Hall–Kier alpha value is -1.72. The van der Waals surface area contributed by atoms with Crippen molar-refractivity contribution in [3.8, 4) is 0 Å². The quantitative estimate of drug-likeness (QED) is 0.644. The van der Waals surface area contributed by atoms with Crippen LogP contribution in [0, 0.1) is 0 Å². The van der Waals surface area contributed by atoms with Gasteiger partial charge >= 0.3 is 6.18 Å². The SMILES string of the molecule is CCCNC(=NCc1cccc(C(F)(F)F)c1)NCC. The van der Waals surface area contributed by atoms with Gasteiger partial charge in [0, 0.05) is 13.1 Å². The Kier molecular flexibility index (Phi) is 6.35. The van der Waals surface area contributed by atoms with Crippen molar-refractivity contribution in [3.63, 3.8) is 0 Å². The van der Waals surface area contributed by atoms with E-state index < -0.39 is 11.7 Å². The summed E-state index contributed by atoms with van der Waals surface area (Å²) in [5.74, 6) is 0.617. The van der Waals surface area contributed by atoms with E-state index in [9.17, 15) is 13.2 Å². The number of guanidine groups is 1. The molecule has 3 nitrogen and oxygen atoms in total. The minimum atomic E-state index is -4.31. The number of benzene rings is 1. The third-order valence-corrected chi connectivity index (χ3v) is 2.56. The van der Waals surface area contributed by atoms with Crippen LogP contribution >= 0.6 is 0 Å². The number of aliphatic imine (C=N–C) groups is 1. The number of nitrogens with one attached hydrogen (secondary N) is 2. The monoisotopic (exact) mass is 287 g/mol. The Morgan fingerprint density at radius 2 is 1.95 bits per heavy atom. The van der Waals surface area contributed by atoms with Crippen LogP contribution in [0.3, 0.4) is 0 Å². The predicted octanol–water partition coefficient (Wildman–Crippen LogP) is 3.17. The normalized spacial score (nSPS) is 12.3. The first-order chi connectivity index (χ1) is 9.47. The Morgan fingerprint density at radius 3 is 2.55 bits per heavy atom. The van der Waals surface area contributed by atoms with E-state index in [0.717, 1.165) is 25.1 Å². The Morgan fingerprint density at radius 1 is 1.20 bits per heavy atom. The molecule has 2 N–H and O–H groups in total. The topological polar surface area (TPSA) is 36.4 Å². The smallest absolute Gasteiger partial charge is 0.357 e. The molecule has 0 saturated heterocycles. The number of hydrogen-bond donors (Lipinski definition) is 2. The van der Waals surface area contributed by atoms with Crippen LogP contribution in [-0.2, 0) is 12.7 Å². The van der Waals surface area contributed by atoms with Gasteiger partial charge in [-0.3, -0.25) is 0 Å². The summed E-state index contributed by atoms with van der Waals surface area (Å²) in [6, 6.07) is 5.24. The number of hydrogen-bond acceptors (Lipinski definition) is 1. The van der Waals surface area contributed by atoms with E-state index in [1.165, 1.54) is 6.07 Å². The largest absolute Gasteiger partial charge is 0.416 e. The van der Waals surface area contributed by atoms with Gasteiger partial charge in [0.25, 0.3) is 0 Å². The molecular formula is C14H20F3N3. The molecule has 0 fully saturated rings. The van der Waals surface area contributed by atoms with Crippen molar-refractivity contribution < 1.29 is 13.2 Å². The van der Waals surface area contributed by atoms with Crippen molar-refractivity contribution in [2.45, 2.75) is 33.0 Å². The lowest BCUT2D eigenvalue weighted by Gasteiger charge is -2.11. The fraction of sp³-hybridized carbons (Fsp3) is 0.500. The molecule has 0 amide bonds. The summed E-state index contributed by atoms with van der Waals surface area (Å²) in [4.78, 5) is 4.27. The van der Waals surface area contributed by atoms with E-state index in [-0.39, 0.29) is 6.54 Å². The van der Waals surface area contributed by atoms with Gasteiger partial charge in [-0.2, -0.15) is 13.2 Å². The molecule has 1 aromatic carbocycles. The fourth-order valence-electron chi connectivity index (χ4n) is 1.60. The highest BCUT2D eigenvalue weighted by Gasteiger charge is 2.30. The van der Waals surface area contributed by atoms with Gasteiger partial charge < -0.3 is 10.6 Å². The highest BCUT2D eigenvalue weighted by atomic mass is 19.4. The summed E-state index contributed by atoms with van der Waals surface area (Å²) in [6.07, 6.45) is -3.36. The van der Waals surface area contributed by atoms with Crippen LogP contribution < -0.4 is 10.6 Å². The average molecular weight is 287 g/mol. The molecule has 0 unspecified atom stereocenters. The zero-order valence-electron chi connectivity index (χ0n) is 11.7. The highest BCUT2D eigenvalue weighted by Crippen LogP contribution is 2.29. The number of alkyl halides is 3. The number of halogens is 3. The van der Waals surface area contributed by atoms with Crippen LogP contribution in [-0.4, -0.2) is 19.0 Å². The Balaban J connectivity index is 2.75. The van der Waals surface area contributed by atoms with E-state index in [1.807, 2.05) is 13.8 Å². The lowest BCUT2D eigenvalue weighted by atomic mass is 10.1. The molecular weight excluding hydrogens is 267 g/mol. The fourth-order valence-corrected chi connectivity index (χ4v) is 1.60. The first-order valence-corrected chi connectivity index (χ1v) is 6.65. The van der Waals surface area contributed by atoms with Crippen molar-refractivity contribution in [1.82, 2.24) is 10.6 Å². The lowest BCUT2D eigenvalue weighted by Crippen LogP contribution is -2.37. The van der Waals surface area contributed by atoms with E-state index in [4.69, 9.17) is 0 Å². The molecule has 0 aliphatic heterocycles. The number of nitrogens with zero attached hydrogens (tertiary/aromatic N) is 1. The standard InChI is InChI=1S/C14H20F3N3/c1-3-8-19-13(18-4-2)20-10-11-6-5-7-12(9-11)14(15,16)17/h5-7,9H,3-4,8,10H2,1-2H3,(H2,18,19,20). The molecule has 1 rings (SSSR count). The van der Waals surface area contributed by atoms with Gasteiger partial charge in [0.2, 0.25) is 0 Å². The molecule has 0 spiro atoms. The molecule has 0 bridgehead atoms. The first-order valence-electron chi connectivity index (χ1n) is 6.65. The Bertz CT molecular complexity index is 442. The van der Waals surface area contributed by atoms with E-state index in [1.54, 1.807) is 6.07 Å². The molecule has 0 atom stereocenters. The summed E-state index contributed by atoms with van der Waals surface area (Å²) in [6.45, 7) is 5.66. The van der Waals surface area contributed by atoms with Crippen molar-refractivity contribution in [2.24, 2.45) is 4.99 Å². The average Bonchev–Trinajstić information content (AvgIpc) is 2.41. The maximum atomic E-state index is 12.6. The lowest BCUT2D eigenvalue weighted by molar-refractivity contribution is -0.137. The third-order valence-electron chi connectivity index (χ3n) is 2.56. The second-order valence-corrected chi connectivity index (χ2v) is 4.32. The van der Waals surface area contributed by atoms with Gasteiger partial charge in [-0.1, -0.05) is 19.1 Å². The van der Waals surface area contributed by atoms with E-state index >= 15 is 0 Å². The second-order valence-electron chi connectivity index (χ2n) is 4.32. The summed E-state index contributed by atoms with van der Waals surface area (Å²) in [5.41, 5.74) is -0.106. The maximum Gasteiger partial charge on any atom is 0.416 e. The molecule has 0 saturated carbocycles. The minimum absolute atomic E-state index is 0.211. The van der Waals surface area contributed by atoms with Crippen LogP contribution in [0.4, 0.5) is 13.2 Å². The van der Waals surface area contributed by atoms with Gasteiger partial charge in [0.15, 0.2) is 5.96 Å². The minimum Gasteiger partial charge on any atom is -0.357 e. The molecule has 0 aliphatic carbocycles. The summed E-state index contributed by atoms with van der Waals surface area (Å²) >= 11 is 0. The Labute approximate surface area is 117 Å². The molecule has 6 heteroatoms. The molecule has 0 radical (unpaired) electrons. The third kappa shape index (κ3) is 5.50. The molecule has 0 aromatic heterocycles. The van der Waals surface area contributed by atoms with Crippen molar-refractivity contribution in [2.75, 3.05) is 13.1 Å². The molecule has 1 aromatic rings. The van der Waals surface area contributed by atoms with Crippen LogP contribution in [0.25, 0.3) is 0 Å². The van der Waals surface area contributed by atoms with E-state index in [0.29, 0.717) is 18.1 Å². The molecule has 0 aliphatic rings.